The summed E-state index contributed by atoms with van der Waals surface area (Å²) in [5.41, 5.74) is 0.310. The van der Waals surface area contributed by atoms with Gasteiger partial charge in [0.05, 0.1) is 0 Å². The molecule has 0 aromatic heterocycles. The maximum atomic E-state index is 11.5. The molecular weight excluding hydrogens is 320 g/mol. The van der Waals surface area contributed by atoms with Gasteiger partial charge in [-0.05, 0) is 20.3 Å². The maximum Gasteiger partial charge on any atom is 0.333 e. The Hall–Kier alpha value is -2.64. The molecule has 0 aliphatic carbocycles. The molecule has 0 heterocycles. The molecule has 0 saturated carbocycles. The van der Waals surface area contributed by atoms with Crippen molar-refractivity contribution in [3.63, 3.8) is 0 Å². The molecular formula is C16H22O8. The summed E-state index contributed by atoms with van der Waals surface area (Å²) in [6.07, 6.45) is -1.10. The van der Waals surface area contributed by atoms with E-state index in [2.05, 4.69) is 13.2 Å². The third-order valence-corrected chi connectivity index (χ3v) is 2.57. The second-order valence-corrected chi connectivity index (χ2v) is 5.12. The minimum atomic E-state index is -1.01. The standard InChI is InChI=1S/C16H22O8/c1-10(2)15(20)23-9-12(24-16(21)11(3)4)8-22-14(19)7-5-6-13(17)18/h12H,1,3,5-9H2,2,4H3,(H,17,18). The van der Waals surface area contributed by atoms with Crippen molar-refractivity contribution in [1.82, 2.24) is 0 Å². The maximum absolute atomic E-state index is 11.5. The Labute approximate surface area is 140 Å². The average molecular weight is 342 g/mol. The molecule has 0 aromatic carbocycles. The van der Waals surface area contributed by atoms with E-state index in [1.165, 1.54) is 13.8 Å². The van der Waals surface area contributed by atoms with Crippen molar-refractivity contribution in [1.29, 1.82) is 0 Å². The van der Waals surface area contributed by atoms with E-state index >= 15 is 0 Å². The lowest BCUT2D eigenvalue weighted by molar-refractivity contribution is -0.163. The number of hydrogen-bond acceptors (Lipinski definition) is 7. The highest BCUT2D eigenvalue weighted by Crippen LogP contribution is 2.05. The number of carboxylic acids is 1. The normalized spacial score (nSPS) is 11.1. The summed E-state index contributed by atoms with van der Waals surface area (Å²) in [7, 11) is 0. The summed E-state index contributed by atoms with van der Waals surface area (Å²) in [5, 5.41) is 8.49. The predicted molar refractivity (Wildman–Crippen MR) is 82.9 cm³/mol. The largest absolute Gasteiger partial charge is 0.481 e. The first-order valence-corrected chi connectivity index (χ1v) is 7.20. The molecule has 0 saturated heterocycles. The monoisotopic (exact) mass is 342 g/mol. The van der Waals surface area contributed by atoms with Crippen molar-refractivity contribution < 1.29 is 38.5 Å². The molecule has 0 aromatic rings. The zero-order chi connectivity index (χ0) is 18.7. The molecule has 8 nitrogen and oxygen atoms in total. The fourth-order valence-corrected chi connectivity index (χ4v) is 1.30. The van der Waals surface area contributed by atoms with Crippen LogP contribution >= 0.6 is 0 Å². The Bertz CT molecular complexity index is 520. The van der Waals surface area contributed by atoms with Gasteiger partial charge in [0.25, 0.3) is 0 Å². The van der Waals surface area contributed by atoms with E-state index in [1.54, 1.807) is 0 Å². The van der Waals surface area contributed by atoms with E-state index in [1.807, 2.05) is 0 Å². The molecule has 1 N–H and O–H groups in total. The Kier molecular flexibility index (Phi) is 9.77. The lowest BCUT2D eigenvalue weighted by Gasteiger charge is -2.18. The minimum Gasteiger partial charge on any atom is -0.481 e. The molecule has 0 spiro atoms. The van der Waals surface area contributed by atoms with Gasteiger partial charge in [0.1, 0.15) is 13.2 Å². The number of ether oxygens (including phenoxy) is 3. The smallest absolute Gasteiger partial charge is 0.333 e. The van der Waals surface area contributed by atoms with Gasteiger partial charge in [-0.1, -0.05) is 13.2 Å². The van der Waals surface area contributed by atoms with Crippen molar-refractivity contribution in [2.45, 2.75) is 39.2 Å². The molecule has 0 amide bonds. The highest BCUT2D eigenvalue weighted by molar-refractivity contribution is 5.87. The van der Waals surface area contributed by atoms with E-state index in [-0.39, 0.29) is 43.6 Å². The minimum absolute atomic E-state index is 0.0843. The zero-order valence-corrected chi connectivity index (χ0v) is 13.8. The van der Waals surface area contributed by atoms with Crippen molar-refractivity contribution in [2.75, 3.05) is 13.2 Å². The molecule has 0 radical (unpaired) electrons. The number of esters is 3. The molecule has 0 rings (SSSR count). The molecule has 0 aliphatic heterocycles. The van der Waals surface area contributed by atoms with Crippen LogP contribution in [-0.2, 0) is 33.4 Å². The van der Waals surface area contributed by atoms with Gasteiger partial charge in [0, 0.05) is 24.0 Å². The Morgan fingerprint density at radius 1 is 0.917 bits per heavy atom. The van der Waals surface area contributed by atoms with Gasteiger partial charge in [-0.3, -0.25) is 9.59 Å². The summed E-state index contributed by atoms with van der Waals surface area (Å²) in [6, 6.07) is 0. The number of carbonyl (C=O) groups excluding carboxylic acids is 3. The van der Waals surface area contributed by atoms with Gasteiger partial charge in [-0.25, -0.2) is 9.59 Å². The second-order valence-electron chi connectivity index (χ2n) is 5.12. The van der Waals surface area contributed by atoms with Crippen molar-refractivity contribution in [3.8, 4) is 0 Å². The summed E-state index contributed by atoms with van der Waals surface area (Å²) in [5.74, 6) is -3.03. The molecule has 0 bridgehead atoms. The van der Waals surface area contributed by atoms with E-state index < -0.39 is 30.0 Å². The topological polar surface area (TPSA) is 116 Å². The molecule has 8 heteroatoms. The summed E-state index contributed by atoms with van der Waals surface area (Å²) in [6.45, 7) is 9.10. The Morgan fingerprint density at radius 3 is 1.96 bits per heavy atom. The summed E-state index contributed by atoms with van der Waals surface area (Å²) >= 11 is 0. The average Bonchev–Trinajstić information content (AvgIpc) is 2.48. The van der Waals surface area contributed by atoms with Crippen LogP contribution in [-0.4, -0.2) is 48.3 Å². The molecule has 1 atom stereocenters. The summed E-state index contributed by atoms with van der Waals surface area (Å²) < 4.78 is 14.8. The number of carbonyl (C=O) groups is 4. The quantitative estimate of drug-likeness (QED) is 0.340. The fourth-order valence-electron chi connectivity index (χ4n) is 1.30. The van der Waals surface area contributed by atoms with Crippen LogP contribution in [0.25, 0.3) is 0 Å². The van der Waals surface area contributed by atoms with Crippen LogP contribution in [0.15, 0.2) is 24.3 Å². The van der Waals surface area contributed by atoms with Crippen LogP contribution in [0.3, 0.4) is 0 Å². The predicted octanol–water partition coefficient (Wildman–Crippen LogP) is 1.39. The number of carboxylic acid groups (broad SMARTS) is 1. The summed E-state index contributed by atoms with van der Waals surface area (Å²) in [4.78, 5) is 44.8. The van der Waals surface area contributed by atoms with Crippen LogP contribution in [0.4, 0.5) is 0 Å². The second kappa shape index (κ2) is 11.0. The Morgan fingerprint density at radius 2 is 1.46 bits per heavy atom. The van der Waals surface area contributed by atoms with Crippen molar-refractivity contribution in [2.24, 2.45) is 0 Å². The Balaban J connectivity index is 4.47. The first-order chi connectivity index (χ1) is 11.1. The third-order valence-electron chi connectivity index (χ3n) is 2.57. The molecule has 1 unspecified atom stereocenters. The van der Waals surface area contributed by atoms with Crippen molar-refractivity contribution in [3.05, 3.63) is 24.3 Å². The number of hydrogen-bond donors (Lipinski definition) is 1. The molecule has 0 fully saturated rings. The van der Waals surface area contributed by atoms with Gasteiger partial charge >= 0.3 is 23.9 Å². The molecule has 0 aliphatic rings. The molecule has 134 valence electrons. The van der Waals surface area contributed by atoms with Gasteiger partial charge in [0.2, 0.25) is 0 Å². The van der Waals surface area contributed by atoms with Crippen LogP contribution in [0.2, 0.25) is 0 Å². The zero-order valence-electron chi connectivity index (χ0n) is 13.8. The van der Waals surface area contributed by atoms with E-state index in [0.29, 0.717) is 0 Å². The number of rotatable bonds is 11. The van der Waals surface area contributed by atoms with Gasteiger partial charge in [0.15, 0.2) is 6.10 Å². The number of aliphatic carboxylic acids is 1. The first-order valence-electron chi connectivity index (χ1n) is 7.20. The highest BCUT2D eigenvalue weighted by Gasteiger charge is 2.20. The van der Waals surface area contributed by atoms with E-state index in [4.69, 9.17) is 19.3 Å². The van der Waals surface area contributed by atoms with E-state index in [0.717, 1.165) is 0 Å². The molecule has 24 heavy (non-hydrogen) atoms. The van der Waals surface area contributed by atoms with Gasteiger partial charge in [-0.2, -0.15) is 0 Å². The van der Waals surface area contributed by atoms with Crippen LogP contribution in [0, 0.1) is 0 Å². The lowest BCUT2D eigenvalue weighted by atomic mass is 10.2. The van der Waals surface area contributed by atoms with Crippen molar-refractivity contribution >= 4 is 23.9 Å². The first kappa shape index (κ1) is 21.4. The van der Waals surface area contributed by atoms with Crippen LogP contribution < -0.4 is 0 Å². The van der Waals surface area contributed by atoms with Gasteiger partial charge < -0.3 is 19.3 Å². The van der Waals surface area contributed by atoms with Gasteiger partial charge in [-0.15, -0.1) is 0 Å². The SMILES string of the molecule is C=C(C)C(=O)OCC(COC(=O)CCCC(=O)O)OC(=O)C(=C)C. The van der Waals surface area contributed by atoms with E-state index in [9.17, 15) is 19.2 Å². The third kappa shape index (κ3) is 10.1. The lowest BCUT2D eigenvalue weighted by Crippen LogP contribution is -2.31. The fraction of sp³-hybridized carbons (Fsp3) is 0.500. The van der Waals surface area contributed by atoms with Crippen LogP contribution in [0.1, 0.15) is 33.1 Å². The highest BCUT2D eigenvalue weighted by atomic mass is 16.6. The van der Waals surface area contributed by atoms with Crippen LogP contribution in [0.5, 0.6) is 0 Å².